The normalized spacial score (nSPS) is 11.0. The van der Waals surface area contributed by atoms with Crippen molar-refractivity contribution >= 4 is 12.0 Å². The second kappa shape index (κ2) is 8.57. The maximum atomic E-state index is 12.5. The molecule has 0 atom stereocenters. The van der Waals surface area contributed by atoms with Crippen LogP contribution in [0.3, 0.4) is 0 Å². The van der Waals surface area contributed by atoms with Gasteiger partial charge in [-0.25, -0.2) is 4.68 Å². The van der Waals surface area contributed by atoms with E-state index in [9.17, 15) is 4.79 Å². The molecule has 0 saturated heterocycles. The molecule has 5 nitrogen and oxygen atoms in total. The molecule has 3 rings (SSSR count). The lowest BCUT2D eigenvalue weighted by molar-refractivity contribution is -0.125. The summed E-state index contributed by atoms with van der Waals surface area (Å²) in [6.07, 6.45) is 3.40. The van der Waals surface area contributed by atoms with Gasteiger partial charge in [0.15, 0.2) is 0 Å². The van der Waals surface area contributed by atoms with Crippen LogP contribution in [0.2, 0.25) is 0 Å². The first-order valence-electron chi connectivity index (χ1n) is 9.17. The van der Waals surface area contributed by atoms with E-state index in [1.54, 1.807) is 25.1 Å². The van der Waals surface area contributed by atoms with Gasteiger partial charge in [-0.3, -0.25) is 4.79 Å². The highest BCUT2D eigenvalue weighted by Gasteiger charge is 2.16. The number of aromatic nitrogens is 2. The molecule has 0 spiro atoms. The van der Waals surface area contributed by atoms with E-state index in [1.807, 2.05) is 79.2 Å². The molecule has 0 unspecified atom stereocenters. The summed E-state index contributed by atoms with van der Waals surface area (Å²) in [7, 11) is 3.44. The predicted molar refractivity (Wildman–Crippen MR) is 112 cm³/mol. The number of likely N-dealkylation sites (N-methyl/N-ethyl adjacent to an activating group) is 1. The zero-order valence-corrected chi connectivity index (χ0v) is 16.7. The summed E-state index contributed by atoms with van der Waals surface area (Å²) in [4.78, 5) is 14.2. The fraction of sp³-hybridized carbons (Fsp3) is 0.217. The second-order valence-electron chi connectivity index (χ2n) is 6.70. The van der Waals surface area contributed by atoms with Crippen molar-refractivity contribution in [3.63, 3.8) is 0 Å². The Morgan fingerprint density at radius 3 is 2.43 bits per heavy atom. The Morgan fingerprint density at radius 2 is 1.79 bits per heavy atom. The number of aryl methyl sites for hydroxylation is 1. The molecule has 0 aliphatic rings. The van der Waals surface area contributed by atoms with Crippen LogP contribution in [0.5, 0.6) is 5.75 Å². The van der Waals surface area contributed by atoms with Crippen molar-refractivity contribution < 1.29 is 9.53 Å². The lowest BCUT2D eigenvalue weighted by Crippen LogP contribution is -2.24. The van der Waals surface area contributed by atoms with Crippen molar-refractivity contribution in [3.05, 3.63) is 83.2 Å². The Kier molecular flexibility index (Phi) is 5.94. The SMILES string of the molecule is COc1ccc(/C=C/C(=O)N(C)Cc2c(C)nn(-c3ccccc3)c2C)cc1. The van der Waals surface area contributed by atoms with Gasteiger partial charge in [-0.15, -0.1) is 0 Å². The quantitative estimate of drug-likeness (QED) is 0.608. The monoisotopic (exact) mass is 375 g/mol. The average molecular weight is 375 g/mol. The predicted octanol–water partition coefficient (Wildman–Crippen LogP) is 4.17. The summed E-state index contributed by atoms with van der Waals surface area (Å²) in [6, 6.07) is 17.6. The molecule has 3 aromatic rings. The Labute approximate surface area is 165 Å². The highest BCUT2D eigenvalue weighted by Crippen LogP contribution is 2.19. The van der Waals surface area contributed by atoms with Crippen molar-refractivity contribution in [3.8, 4) is 11.4 Å². The van der Waals surface area contributed by atoms with E-state index in [0.29, 0.717) is 6.54 Å². The molecule has 0 radical (unpaired) electrons. The van der Waals surface area contributed by atoms with E-state index >= 15 is 0 Å². The van der Waals surface area contributed by atoms with Gasteiger partial charge in [0.1, 0.15) is 5.75 Å². The molecule has 1 aromatic heterocycles. The van der Waals surface area contributed by atoms with Crippen LogP contribution in [0.4, 0.5) is 0 Å². The largest absolute Gasteiger partial charge is 0.497 e. The first-order valence-corrected chi connectivity index (χ1v) is 9.17. The Morgan fingerprint density at radius 1 is 1.11 bits per heavy atom. The number of nitrogens with zero attached hydrogens (tertiary/aromatic N) is 3. The minimum atomic E-state index is -0.0536. The standard InChI is InChI=1S/C23H25N3O2/c1-17-22(18(2)26(24-17)20-8-6-5-7-9-20)16-25(3)23(27)15-12-19-10-13-21(28-4)14-11-19/h5-15H,16H2,1-4H3/b15-12+. The van der Waals surface area contributed by atoms with Crippen LogP contribution in [-0.2, 0) is 11.3 Å². The minimum Gasteiger partial charge on any atom is -0.497 e. The van der Waals surface area contributed by atoms with Gasteiger partial charge < -0.3 is 9.64 Å². The van der Waals surface area contributed by atoms with Crippen molar-refractivity contribution in [1.29, 1.82) is 0 Å². The minimum absolute atomic E-state index is 0.0536. The molecule has 0 N–H and O–H groups in total. The van der Waals surface area contributed by atoms with Crippen molar-refractivity contribution in [2.45, 2.75) is 20.4 Å². The Bertz CT molecular complexity index is 973. The molecule has 0 aliphatic heterocycles. The number of benzene rings is 2. The third-order valence-electron chi connectivity index (χ3n) is 4.75. The maximum Gasteiger partial charge on any atom is 0.246 e. The third-order valence-corrected chi connectivity index (χ3v) is 4.75. The first-order chi connectivity index (χ1) is 13.5. The van der Waals surface area contributed by atoms with E-state index in [2.05, 4.69) is 5.10 Å². The summed E-state index contributed by atoms with van der Waals surface area (Å²) in [5, 5.41) is 4.65. The van der Waals surface area contributed by atoms with Crippen LogP contribution in [0.25, 0.3) is 11.8 Å². The molecular formula is C23H25N3O2. The van der Waals surface area contributed by atoms with E-state index < -0.39 is 0 Å². The molecule has 144 valence electrons. The summed E-state index contributed by atoms with van der Waals surface area (Å²) in [5.41, 5.74) is 5.01. The van der Waals surface area contributed by atoms with Crippen LogP contribution in [0.15, 0.2) is 60.7 Å². The topological polar surface area (TPSA) is 47.4 Å². The summed E-state index contributed by atoms with van der Waals surface area (Å²) >= 11 is 0. The average Bonchev–Trinajstić information content (AvgIpc) is 3.01. The van der Waals surface area contributed by atoms with Crippen molar-refractivity contribution in [2.24, 2.45) is 0 Å². The smallest absolute Gasteiger partial charge is 0.246 e. The van der Waals surface area contributed by atoms with Gasteiger partial charge in [-0.05, 0) is 49.8 Å². The van der Waals surface area contributed by atoms with E-state index in [-0.39, 0.29) is 5.91 Å². The molecule has 0 fully saturated rings. The number of amides is 1. The van der Waals surface area contributed by atoms with Gasteiger partial charge in [0.05, 0.1) is 18.5 Å². The summed E-state index contributed by atoms with van der Waals surface area (Å²) < 4.78 is 7.08. The lowest BCUT2D eigenvalue weighted by atomic mass is 10.1. The van der Waals surface area contributed by atoms with Crippen molar-refractivity contribution in [2.75, 3.05) is 14.2 Å². The molecule has 0 bridgehead atoms. The van der Waals surface area contributed by atoms with Crippen LogP contribution in [0.1, 0.15) is 22.5 Å². The van der Waals surface area contributed by atoms with Gasteiger partial charge in [0, 0.05) is 30.9 Å². The highest BCUT2D eigenvalue weighted by atomic mass is 16.5. The Hall–Kier alpha value is -3.34. The summed E-state index contributed by atoms with van der Waals surface area (Å²) in [5.74, 6) is 0.740. The number of hydrogen-bond acceptors (Lipinski definition) is 3. The number of methoxy groups -OCH3 is 1. The lowest BCUT2D eigenvalue weighted by Gasteiger charge is -2.15. The van der Waals surface area contributed by atoms with Gasteiger partial charge in [0.2, 0.25) is 5.91 Å². The first kappa shape index (κ1) is 19.4. The Balaban J connectivity index is 1.71. The number of carbonyl (C=O) groups is 1. The summed E-state index contributed by atoms with van der Waals surface area (Å²) in [6.45, 7) is 4.53. The molecule has 0 saturated carbocycles. The van der Waals surface area contributed by atoms with Gasteiger partial charge >= 0.3 is 0 Å². The van der Waals surface area contributed by atoms with Gasteiger partial charge in [-0.1, -0.05) is 30.3 Å². The molecule has 0 aliphatic carbocycles. The molecule has 5 heteroatoms. The number of rotatable bonds is 6. The van der Waals surface area contributed by atoms with Gasteiger partial charge in [0.25, 0.3) is 0 Å². The molecule has 28 heavy (non-hydrogen) atoms. The zero-order valence-electron chi connectivity index (χ0n) is 16.7. The maximum absolute atomic E-state index is 12.5. The van der Waals surface area contributed by atoms with E-state index in [0.717, 1.165) is 34.0 Å². The zero-order chi connectivity index (χ0) is 20.1. The molecule has 1 amide bonds. The van der Waals surface area contributed by atoms with E-state index in [4.69, 9.17) is 4.74 Å². The number of hydrogen-bond donors (Lipinski definition) is 0. The highest BCUT2D eigenvalue weighted by molar-refractivity contribution is 5.91. The van der Waals surface area contributed by atoms with Crippen molar-refractivity contribution in [1.82, 2.24) is 14.7 Å². The second-order valence-corrected chi connectivity index (χ2v) is 6.70. The molecule has 1 heterocycles. The number of ether oxygens (including phenoxy) is 1. The molecular weight excluding hydrogens is 350 g/mol. The fourth-order valence-electron chi connectivity index (χ4n) is 3.05. The fourth-order valence-corrected chi connectivity index (χ4v) is 3.05. The van der Waals surface area contributed by atoms with Crippen LogP contribution < -0.4 is 4.74 Å². The number of carbonyl (C=O) groups excluding carboxylic acids is 1. The molecule has 2 aromatic carbocycles. The number of para-hydroxylation sites is 1. The van der Waals surface area contributed by atoms with Crippen LogP contribution in [-0.4, -0.2) is 34.7 Å². The van der Waals surface area contributed by atoms with Crippen LogP contribution in [0, 0.1) is 13.8 Å². The van der Waals surface area contributed by atoms with Gasteiger partial charge in [-0.2, -0.15) is 5.10 Å². The van der Waals surface area contributed by atoms with E-state index in [1.165, 1.54) is 0 Å². The third kappa shape index (κ3) is 4.31. The van der Waals surface area contributed by atoms with Crippen LogP contribution >= 0.6 is 0 Å².